The Morgan fingerprint density at radius 1 is 0.400 bits per heavy atom. The minimum atomic E-state index is 0.842. The summed E-state index contributed by atoms with van der Waals surface area (Å²) in [4.78, 5) is 0. The average Bonchev–Trinajstić information content (AvgIpc) is 3.33. The lowest BCUT2D eigenvalue weighted by Crippen LogP contribution is -1.95. The Hall–Kier alpha value is -1.04. The van der Waals surface area contributed by atoms with E-state index in [2.05, 4.69) is 62.5 Å². The first-order chi connectivity index (χ1) is 12.3. The molecule has 0 saturated heterocycles. The molecular formula is C25H38. The van der Waals surface area contributed by atoms with Crippen molar-refractivity contribution >= 4 is 0 Å². The van der Waals surface area contributed by atoms with Gasteiger partial charge in [0.2, 0.25) is 0 Å². The molecule has 0 nitrogen and oxygen atoms in total. The molecule has 0 spiro atoms. The van der Waals surface area contributed by atoms with Gasteiger partial charge in [0.05, 0.1) is 0 Å². The average molecular weight is 339 g/mol. The molecule has 25 heavy (non-hydrogen) atoms. The number of rotatable bonds is 6. The molecule has 0 aliphatic heterocycles. The zero-order chi connectivity index (χ0) is 17.5. The Kier molecular flexibility index (Phi) is 7.20. The van der Waals surface area contributed by atoms with Gasteiger partial charge in [0, 0.05) is 0 Å². The maximum absolute atomic E-state index is 2.58. The Morgan fingerprint density at radius 3 is 0.880 bits per heavy atom. The third-order valence-electron chi connectivity index (χ3n) is 6.78. The summed E-state index contributed by atoms with van der Waals surface area (Å²) in [6, 6.07) is 0. The molecule has 0 radical (unpaired) electrons. The molecule has 6 atom stereocenters. The van der Waals surface area contributed by atoms with E-state index in [-0.39, 0.29) is 0 Å². The molecule has 0 heteroatoms. The van der Waals surface area contributed by atoms with Crippen LogP contribution in [-0.4, -0.2) is 0 Å². The predicted molar refractivity (Wildman–Crippen MR) is 110 cm³/mol. The minimum absolute atomic E-state index is 0.842. The van der Waals surface area contributed by atoms with Gasteiger partial charge in [0.1, 0.15) is 0 Å². The summed E-state index contributed by atoms with van der Waals surface area (Å²) in [5.41, 5.74) is 0. The highest BCUT2D eigenvalue weighted by atomic mass is 14.3. The van der Waals surface area contributed by atoms with Crippen LogP contribution in [0.25, 0.3) is 0 Å². The summed E-state index contributed by atoms with van der Waals surface area (Å²) < 4.78 is 0. The SMILES string of the molecule is C/C=C/C1CCC(/C=C/C2CCC(/C=C/C3CCC(/C=C/C)C3)C2)C1. The van der Waals surface area contributed by atoms with Crippen LogP contribution in [-0.2, 0) is 0 Å². The molecule has 3 fully saturated rings. The van der Waals surface area contributed by atoms with Crippen molar-refractivity contribution in [2.45, 2.75) is 71.6 Å². The van der Waals surface area contributed by atoms with Crippen LogP contribution < -0.4 is 0 Å². The summed E-state index contributed by atoms with van der Waals surface area (Å²) in [7, 11) is 0. The molecule has 0 N–H and O–H groups in total. The largest absolute Gasteiger partial charge is 0.0914 e. The maximum Gasteiger partial charge on any atom is -0.0228 e. The van der Waals surface area contributed by atoms with Gasteiger partial charge in [-0.1, -0.05) is 48.6 Å². The normalized spacial score (nSPS) is 39.9. The lowest BCUT2D eigenvalue weighted by molar-refractivity contribution is 0.603. The second-order valence-corrected chi connectivity index (χ2v) is 8.82. The molecule has 0 aromatic heterocycles. The van der Waals surface area contributed by atoms with E-state index in [1.165, 1.54) is 57.8 Å². The predicted octanol–water partition coefficient (Wildman–Crippen LogP) is 7.50. The molecule has 3 rings (SSSR count). The van der Waals surface area contributed by atoms with Crippen molar-refractivity contribution in [3.8, 4) is 0 Å². The highest BCUT2D eigenvalue weighted by Crippen LogP contribution is 2.37. The van der Waals surface area contributed by atoms with E-state index < -0.39 is 0 Å². The summed E-state index contributed by atoms with van der Waals surface area (Å²) in [6.45, 7) is 4.31. The second kappa shape index (κ2) is 9.60. The molecule has 0 aromatic rings. The van der Waals surface area contributed by atoms with Crippen LogP contribution >= 0.6 is 0 Å². The first-order valence-electron chi connectivity index (χ1n) is 10.9. The number of hydrogen-bond acceptors (Lipinski definition) is 0. The molecule has 3 aliphatic carbocycles. The van der Waals surface area contributed by atoms with Crippen LogP contribution in [0.4, 0.5) is 0 Å². The van der Waals surface area contributed by atoms with Crippen molar-refractivity contribution in [3.05, 3.63) is 48.6 Å². The Morgan fingerprint density at radius 2 is 0.640 bits per heavy atom. The molecule has 138 valence electrons. The van der Waals surface area contributed by atoms with Crippen molar-refractivity contribution in [3.63, 3.8) is 0 Å². The molecule has 3 saturated carbocycles. The lowest BCUT2D eigenvalue weighted by atomic mass is 9.98. The molecule has 0 aromatic carbocycles. The highest BCUT2D eigenvalue weighted by Gasteiger charge is 2.25. The van der Waals surface area contributed by atoms with Crippen molar-refractivity contribution in [2.75, 3.05) is 0 Å². The van der Waals surface area contributed by atoms with Crippen molar-refractivity contribution < 1.29 is 0 Å². The quantitative estimate of drug-likeness (QED) is 0.440. The van der Waals surface area contributed by atoms with E-state index >= 15 is 0 Å². The third-order valence-corrected chi connectivity index (χ3v) is 6.78. The van der Waals surface area contributed by atoms with Crippen molar-refractivity contribution in [1.82, 2.24) is 0 Å². The second-order valence-electron chi connectivity index (χ2n) is 8.82. The van der Waals surface area contributed by atoms with Crippen molar-refractivity contribution in [2.24, 2.45) is 35.5 Å². The third kappa shape index (κ3) is 5.73. The van der Waals surface area contributed by atoms with Crippen LogP contribution in [0.5, 0.6) is 0 Å². The summed E-state index contributed by atoms with van der Waals surface area (Å²) in [6.07, 6.45) is 32.1. The van der Waals surface area contributed by atoms with Crippen LogP contribution in [0.2, 0.25) is 0 Å². The van der Waals surface area contributed by atoms with E-state index in [1.54, 1.807) is 0 Å². The number of hydrogen-bond donors (Lipinski definition) is 0. The molecule has 6 unspecified atom stereocenters. The standard InChI is InChI=1S/C25H38/c1-3-5-20-7-9-22(17-20)11-13-24-15-16-25(19-24)14-12-23-10-8-21(18-23)6-4-2/h3-6,11-14,20-25H,7-10,15-19H2,1-2H3/b5-3+,6-4+,13-11+,14-12+. The monoisotopic (exact) mass is 338 g/mol. The van der Waals surface area contributed by atoms with Gasteiger partial charge in [0.25, 0.3) is 0 Å². The van der Waals surface area contributed by atoms with Gasteiger partial charge < -0.3 is 0 Å². The Bertz CT molecular complexity index is 460. The van der Waals surface area contributed by atoms with Gasteiger partial charge in [-0.25, -0.2) is 0 Å². The van der Waals surface area contributed by atoms with Crippen molar-refractivity contribution in [1.29, 1.82) is 0 Å². The van der Waals surface area contributed by atoms with E-state index in [1.807, 2.05) is 0 Å². The maximum atomic E-state index is 2.58. The Balaban J connectivity index is 1.39. The van der Waals surface area contributed by atoms with Crippen LogP contribution in [0, 0.1) is 35.5 Å². The molecule has 3 aliphatic rings. The van der Waals surface area contributed by atoms with Crippen LogP contribution in [0.3, 0.4) is 0 Å². The van der Waals surface area contributed by atoms with Gasteiger partial charge in [-0.15, -0.1) is 0 Å². The summed E-state index contributed by atoms with van der Waals surface area (Å²) >= 11 is 0. The summed E-state index contributed by atoms with van der Waals surface area (Å²) in [5, 5.41) is 0. The first kappa shape index (κ1) is 18.7. The Labute approximate surface area is 156 Å². The molecule has 0 bridgehead atoms. The topological polar surface area (TPSA) is 0 Å². The molecule has 0 heterocycles. The van der Waals surface area contributed by atoms with Gasteiger partial charge >= 0.3 is 0 Å². The van der Waals surface area contributed by atoms with E-state index in [0.29, 0.717) is 0 Å². The van der Waals surface area contributed by atoms with Crippen LogP contribution in [0.15, 0.2) is 48.6 Å². The van der Waals surface area contributed by atoms with E-state index in [0.717, 1.165) is 35.5 Å². The zero-order valence-electron chi connectivity index (χ0n) is 16.4. The van der Waals surface area contributed by atoms with Gasteiger partial charge in [0.15, 0.2) is 0 Å². The first-order valence-corrected chi connectivity index (χ1v) is 10.9. The van der Waals surface area contributed by atoms with Gasteiger partial charge in [-0.2, -0.15) is 0 Å². The highest BCUT2D eigenvalue weighted by molar-refractivity contribution is 5.05. The lowest BCUT2D eigenvalue weighted by Gasteiger charge is -2.08. The molecular weight excluding hydrogens is 300 g/mol. The van der Waals surface area contributed by atoms with E-state index in [4.69, 9.17) is 0 Å². The van der Waals surface area contributed by atoms with Crippen LogP contribution in [0.1, 0.15) is 71.6 Å². The fourth-order valence-corrected chi connectivity index (χ4v) is 5.38. The molecule has 0 amide bonds. The van der Waals surface area contributed by atoms with Gasteiger partial charge in [-0.05, 0) is 107 Å². The fourth-order valence-electron chi connectivity index (χ4n) is 5.38. The number of allylic oxidation sites excluding steroid dienone is 8. The van der Waals surface area contributed by atoms with Gasteiger partial charge in [-0.3, -0.25) is 0 Å². The fraction of sp³-hybridized carbons (Fsp3) is 0.680. The smallest absolute Gasteiger partial charge is 0.0228 e. The minimum Gasteiger partial charge on any atom is -0.0914 e. The summed E-state index contributed by atoms with van der Waals surface area (Å²) in [5.74, 6) is 5.06. The zero-order valence-corrected chi connectivity index (χ0v) is 16.4. The van der Waals surface area contributed by atoms with E-state index in [9.17, 15) is 0 Å².